The average molecular weight is 384 g/mol. The minimum absolute atomic E-state index is 0.0367. The first kappa shape index (κ1) is 19.9. The van der Waals surface area contributed by atoms with Gasteiger partial charge in [-0.05, 0) is 55.7 Å². The minimum atomic E-state index is -0.361. The maximum absolute atomic E-state index is 13.7. The average Bonchev–Trinajstić information content (AvgIpc) is 2.71. The maximum atomic E-state index is 13.7. The van der Waals surface area contributed by atoms with Gasteiger partial charge in [0, 0.05) is 24.7 Å². The number of ether oxygens (including phenoxy) is 1. The lowest BCUT2D eigenvalue weighted by molar-refractivity contribution is -0.133. The minimum Gasteiger partial charge on any atom is -0.494 e. The van der Waals surface area contributed by atoms with Gasteiger partial charge in [0.05, 0.1) is 13.0 Å². The van der Waals surface area contributed by atoms with Gasteiger partial charge in [-0.2, -0.15) is 0 Å². The standard InChI is InChI=1S/C22H25FN2O3/c1-2-28-19-9-7-18(8-10-19)24-22(27)16-11-13-25(14-12-16)21(26)15-17-5-3-4-6-20(17)23/h3-10,16H,2,11-15H2,1H3,(H,24,27). The second kappa shape index (κ2) is 9.35. The van der Waals surface area contributed by atoms with Gasteiger partial charge in [-0.3, -0.25) is 9.59 Å². The van der Waals surface area contributed by atoms with Gasteiger partial charge in [0.1, 0.15) is 11.6 Å². The van der Waals surface area contributed by atoms with Crippen LogP contribution in [0.3, 0.4) is 0 Å². The van der Waals surface area contributed by atoms with Crippen molar-refractivity contribution < 1.29 is 18.7 Å². The molecule has 6 heteroatoms. The van der Waals surface area contributed by atoms with Crippen molar-refractivity contribution in [2.24, 2.45) is 5.92 Å². The zero-order valence-electron chi connectivity index (χ0n) is 16.0. The predicted octanol–water partition coefficient (Wildman–Crippen LogP) is 3.64. The van der Waals surface area contributed by atoms with Crippen molar-refractivity contribution in [2.45, 2.75) is 26.2 Å². The van der Waals surface area contributed by atoms with Crippen LogP contribution < -0.4 is 10.1 Å². The number of hydrogen-bond acceptors (Lipinski definition) is 3. The van der Waals surface area contributed by atoms with Gasteiger partial charge in [0.25, 0.3) is 0 Å². The fourth-order valence-electron chi connectivity index (χ4n) is 3.35. The fraction of sp³-hybridized carbons (Fsp3) is 0.364. The third kappa shape index (κ3) is 5.09. The Labute approximate surface area is 164 Å². The molecule has 1 fully saturated rings. The van der Waals surface area contributed by atoms with E-state index in [4.69, 9.17) is 4.74 Å². The molecule has 0 aromatic heterocycles. The molecular weight excluding hydrogens is 359 g/mol. The lowest BCUT2D eigenvalue weighted by atomic mass is 9.95. The van der Waals surface area contributed by atoms with E-state index < -0.39 is 0 Å². The molecule has 0 bridgehead atoms. The van der Waals surface area contributed by atoms with Crippen LogP contribution in [0.25, 0.3) is 0 Å². The third-order valence-electron chi connectivity index (χ3n) is 4.95. The molecular formula is C22H25FN2O3. The van der Waals surface area contributed by atoms with E-state index in [9.17, 15) is 14.0 Å². The second-order valence-electron chi connectivity index (χ2n) is 6.87. The maximum Gasteiger partial charge on any atom is 0.227 e. The summed E-state index contributed by atoms with van der Waals surface area (Å²) in [6, 6.07) is 13.6. The number of hydrogen-bond donors (Lipinski definition) is 1. The quantitative estimate of drug-likeness (QED) is 0.827. The number of benzene rings is 2. The van der Waals surface area contributed by atoms with Crippen LogP contribution in [-0.2, 0) is 16.0 Å². The van der Waals surface area contributed by atoms with Gasteiger partial charge in [-0.1, -0.05) is 18.2 Å². The van der Waals surface area contributed by atoms with Gasteiger partial charge in [0.2, 0.25) is 11.8 Å². The van der Waals surface area contributed by atoms with E-state index in [2.05, 4.69) is 5.32 Å². The summed E-state index contributed by atoms with van der Waals surface area (Å²) in [6.45, 7) is 3.53. The zero-order chi connectivity index (χ0) is 19.9. The molecule has 1 aliphatic rings. The summed E-state index contributed by atoms with van der Waals surface area (Å²) in [4.78, 5) is 26.6. The largest absolute Gasteiger partial charge is 0.494 e. The van der Waals surface area contributed by atoms with Crippen LogP contribution in [-0.4, -0.2) is 36.4 Å². The first-order valence-corrected chi connectivity index (χ1v) is 9.61. The highest BCUT2D eigenvalue weighted by Gasteiger charge is 2.27. The van der Waals surface area contributed by atoms with Gasteiger partial charge in [-0.15, -0.1) is 0 Å². The zero-order valence-corrected chi connectivity index (χ0v) is 16.0. The molecule has 148 valence electrons. The van der Waals surface area contributed by atoms with Gasteiger partial charge in [-0.25, -0.2) is 4.39 Å². The summed E-state index contributed by atoms with van der Waals surface area (Å²) in [7, 11) is 0. The fourth-order valence-corrected chi connectivity index (χ4v) is 3.35. The number of rotatable bonds is 6. The van der Waals surface area contributed by atoms with E-state index >= 15 is 0 Å². The molecule has 0 aliphatic carbocycles. The molecule has 1 N–H and O–H groups in total. The van der Waals surface area contributed by atoms with Crippen molar-refractivity contribution in [2.75, 3.05) is 25.0 Å². The number of amides is 2. The topological polar surface area (TPSA) is 58.6 Å². The summed E-state index contributed by atoms with van der Waals surface area (Å²) >= 11 is 0. The van der Waals surface area contributed by atoms with Gasteiger partial charge >= 0.3 is 0 Å². The number of halogens is 1. The van der Waals surface area contributed by atoms with Gasteiger partial charge < -0.3 is 15.0 Å². The van der Waals surface area contributed by atoms with Crippen LogP contribution in [0.15, 0.2) is 48.5 Å². The molecule has 0 unspecified atom stereocenters. The third-order valence-corrected chi connectivity index (χ3v) is 4.95. The highest BCUT2D eigenvalue weighted by Crippen LogP contribution is 2.22. The van der Waals surface area contributed by atoms with Crippen molar-refractivity contribution in [3.8, 4) is 5.75 Å². The number of likely N-dealkylation sites (tertiary alicyclic amines) is 1. The molecule has 5 nitrogen and oxygen atoms in total. The monoisotopic (exact) mass is 384 g/mol. The Morgan fingerprint density at radius 1 is 1.11 bits per heavy atom. The van der Waals surface area contributed by atoms with Crippen molar-refractivity contribution in [3.05, 3.63) is 59.9 Å². The van der Waals surface area contributed by atoms with E-state index in [0.717, 1.165) is 11.4 Å². The Balaban J connectivity index is 1.48. The number of anilines is 1. The molecule has 2 aromatic carbocycles. The molecule has 0 spiro atoms. The van der Waals surface area contributed by atoms with Crippen LogP contribution in [0.1, 0.15) is 25.3 Å². The van der Waals surface area contributed by atoms with Crippen molar-refractivity contribution in [3.63, 3.8) is 0 Å². The number of nitrogens with zero attached hydrogens (tertiary/aromatic N) is 1. The van der Waals surface area contributed by atoms with E-state index in [1.807, 2.05) is 31.2 Å². The Bertz CT molecular complexity index is 815. The smallest absolute Gasteiger partial charge is 0.227 e. The number of nitrogens with one attached hydrogen (secondary N) is 1. The van der Waals surface area contributed by atoms with E-state index in [1.54, 1.807) is 23.1 Å². The lowest BCUT2D eigenvalue weighted by Crippen LogP contribution is -2.42. The molecule has 2 amide bonds. The number of carbonyl (C=O) groups excluding carboxylic acids is 2. The molecule has 28 heavy (non-hydrogen) atoms. The van der Waals surface area contributed by atoms with Crippen molar-refractivity contribution in [1.29, 1.82) is 0 Å². The molecule has 1 saturated heterocycles. The van der Waals surface area contributed by atoms with E-state index in [0.29, 0.717) is 38.1 Å². The molecule has 0 radical (unpaired) electrons. The molecule has 2 aromatic rings. The first-order valence-electron chi connectivity index (χ1n) is 9.61. The summed E-state index contributed by atoms with van der Waals surface area (Å²) < 4.78 is 19.1. The Kier molecular flexibility index (Phi) is 6.63. The molecule has 0 saturated carbocycles. The van der Waals surface area contributed by atoms with Crippen LogP contribution in [0.5, 0.6) is 5.75 Å². The Morgan fingerprint density at radius 2 is 1.79 bits per heavy atom. The molecule has 1 aliphatic heterocycles. The first-order chi connectivity index (χ1) is 13.6. The highest BCUT2D eigenvalue weighted by molar-refractivity contribution is 5.92. The summed E-state index contributed by atoms with van der Waals surface area (Å²) in [5.41, 5.74) is 1.13. The van der Waals surface area contributed by atoms with Crippen molar-refractivity contribution in [1.82, 2.24) is 4.90 Å². The molecule has 3 rings (SSSR count). The second-order valence-corrected chi connectivity index (χ2v) is 6.87. The summed E-state index contributed by atoms with van der Waals surface area (Å²) in [6.07, 6.45) is 1.26. The van der Waals surface area contributed by atoms with Crippen LogP contribution >= 0.6 is 0 Å². The Hall–Kier alpha value is -2.89. The highest BCUT2D eigenvalue weighted by atomic mass is 19.1. The Morgan fingerprint density at radius 3 is 2.43 bits per heavy atom. The SMILES string of the molecule is CCOc1ccc(NC(=O)C2CCN(C(=O)Cc3ccccc3F)CC2)cc1. The lowest BCUT2D eigenvalue weighted by Gasteiger charge is -2.31. The normalized spacial score (nSPS) is 14.6. The summed E-state index contributed by atoms with van der Waals surface area (Å²) in [5.74, 6) is 0.132. The van der Waals surface area contributed by atoms with E-state index in [-0.39, 0.29) is 30.0 Å². The van der Waals surface area contributed by atoms with E-state index in [1.165, 1.54) is 6.07 Å². The molecule has 0 atom stereocenters. The molecule has 1 heterocycles. The summed E-state index contributed by atoms with van der Waals surface area (Å²) in [5, 5.41) is 2.92. The van der Waals surface area contributed by atoms with Crippen LogP contribution in [0, 0.1) is 11.7 Å². The van der Waals surface area contributed by atoms with Gasteiger partial charge in [0.15, 0.2) is 0 Å². The number of piperidine rings is 1. The van der Waals surface area contributed by atoms with Crippen LogP contribution in [0.2, 0.25) is 0 Å². The van der Waals surface area contributed by atoms with Crippen molar-refractivity contribution >= 4 is 17.5 Å². The predicted molar refractivity (Wildman–Crippen MR) is 106 cm³/mol. The van der Waals surface area contributed by atoms with Crippen LogP contribution in [0.4, 0.5) is 10.1 Å². The number of carbonyl (C=O) groups is 2.